The summed E-state index contributed by atoms with van der Waals surface area (Å²) in [6.45, 7) is 19.4. The number of para-hydroxylation sites is 2. The first-order chi connectivity index (χ1) is 19.5. The first-order valence-corrected chi connectivity index (χ1v) is 15.1. The van der Waals surface area contributed by atoms with E-state index in [9.17, 15) is 9.59 Å². The lowest BCUT2D eigenvalue weighted by Gasteiger charge is -2.38. The van der Waals surface area contributed by atoms with Gasteiger partial charge in [0.2, 0.25) is 5.91 Å². The standard InChI is InChI=1S/C33H51N5O3/c1-8-36(9-2)17-16-34-32(40)27-23-26(35-31(39)22-25(3)24-33(4,5)6)14-15-28(27)37-18-20-38(21-19-37)29-12-10-11-13-30(29)41-7/h10-15,23,25H,8-9,16-22,24H2,1-7H3,(H,34,40)(H,35,39). The average Bonchev–Trinajstić information content (AvgIpc) is 2.94. The molecular weight excluding hydrogens is 514 g/mol. The van der Waals surface area contributed by atoms with Crippen LogP contribution in [0.3, 0.4) is 0 Å². The van der Waals surface area contributed by atoms with Gasteiger partial charge in [-0.25, -0.2) is 0 Å². The predicted octanol–water partition coefficient (Wildman–Crippen LogP) is 5.49. The second-order valence-electron chi connectivity index (χ2n) is 12.3. The molecule has 1 aliphatic rings. The quantitative estimate of drug-likeness (QED) is 0.334. The first kappa shape index (κ1) is 32.3. The van der Waals surface area contributed by atoms with Gasteiger partial charge in [-0.1, -0.05) is 53.7 Å². The van der Waals surface area contributed by atoms with Crippen LogP contribution >= 0.6 is 0 Å². The number of carbonyl (C=O) groups is 2. The second kappa shape index (κ2) is 15.1. The Morgan fingerprint density at radius 3 is 2.22 bits per heavy atom. The molecule has 0 aromatic heterocycles. The summed E-state index contributed by atoms with van der Waals surface area (Å²) in [5.74, 6) is 1.01. The van der Waals surface area contributed by atoms with Crippen molar-refractivity contribution in [1.82, 2.24) is 10.2 Å². The second-order valence-corrected chi connectivity index (χ2v) is 12.3. The molecule has 226 valence electrons. The van der Waals surface area contributed by atoms with Crippen LogP contribution in [-0.2, 0) is 4.79 Å². The highest BCUT2D eigenvalue weighted by Gasteiger charge is 2.24. The lowest BCUT2D eigenvalue weighted by atomic mass is 9.84. The number of nitrogens with one attached hydrogen (secondary N) is 2. The molecule has 0 spiro atoms. The fourth-order valence-corrected chi connectivity index (χ4v) is 5.76. The predicted molar refractivity (Wildman–Crippen MR) is 170 cm³/mol. The summed E-state index contributed by atoms with van der Waals surface area (Å²) in [5.41, 5.74) is 3.40. The third-order valence-electron chi connectivity index (χ3n) is 7.67. The molecule has 1 heterocycles. The Bertz CT molecular complexity index is 1130. The lowest BCUT2D eigenvalue weighted by molar-refractivity contribution is -0.117. The van der Waals surface area contributed by atoms with Crippen molar-refractivity contribution in [2.24, 2.45) is 11.3 Å². The van der Waals surface area contributed by atoms with E-state index in [0.717, 1.165) is 69.4 Å². The molecule has 1 fully saturated rings. The van der Waals surface area contributed by atoms with Gasteiger partial charge in [-0.3, -0.25) is 9.59 Å². The zero-order chi connectivity index (χ0) is 30.0. The third kappa shape index (κ3) is 9.66. The summed E-state index contributed by atoms with van der Waals surface area (Å²) in [4.78, 5) is 33.3. The molecule has 0 radical (unpaired) electrons. The summed E-state index contributed by atoms with van der Waals surface area (Å²) in [6, 6.07) is 13.8. The molecule has 2 aromatic rings. The van der Waals surface area contributed by atoms with Crippen LogP contribution in [0.4, 0.5) is 17.1 Å². The number of benzene rings is 2. The molecule has 1 saturated heterocycles. The van der Waals surface area contributed by atoms with Gasteiger partial charge in [-0.15, -0.1) is 0 Å². The van der Waals surface area contributed by atoms with Gasteiger partial charge in [-0.05, 0) is 61.2 Å². The minimum atomic E-state index is -0.114. The average molecular weight is 566 g/mol. The molecule has 1 unspecified atom stereocenters. The fraction of sp³-hybridized carbons (Fsp3) is 0.576. The van der Waals surface area contributed by atoms with Crippen molar-refractivity contribution in [3.63, 3.8) is 0 Å². The zero-order valence-electron chi connectivity index (χ0n) is 26.3. The van der Waals surface area contributed by atoms with E-state index in [1.165, 1.54) is 0 Å². The Morgan fingerprint density at radius 2 is 1.61 bits per heavy atom. The normalized spacial score (nSPS) is 14.6. The molecule has 41 heavy (non-hydrogen) atoms. The molecule has 0 aliphatic carbocycles. The van der Waals surface area contributed by atoms with Crippen LogP contribution < -0.4 is 25.2 Å². The van der Waals surface area contributed by atoms with Crippen molar-refractivity contribution in [2.45, 2.75) is 54.4 Å². The molecule has 1 aliphatic heterocycles. The molecular formula is C33H51N5O3. The Kier molecular flexibility index (Phi) is 11.9. The van der Waals surface area contributed by atoms with E-state index in [0.29, 0.717) is 24.2 Å². The summed E-state index contributed by atoms with van der Waals surface area (Å²) in [6.07, 6.45) is 1.43. The highest BCUT2D eigenvalue weighted by molar-refractivity contribution is 6.02. The van der Waals surface area contributed by atoms with Crippen molar-refractivity contribution >= 4 is 28.9 Å². The van der Waals surface area contributed by atoms with Gasteiger partial charge in [0.25, 0.3) is 5.91 Å². The van der Waals surface area contributed by atoms with Gasteiger partial charge in [0, 0.05) is 57.1 Å². The van der Waals surface area contributed by atoms with E-state index in [-0.39, 0.29) is 23.1 Å². The fourth-order valence-electron chi connectivity index (χ4n) is 5.76. The largest absolute Gasteiger partial charge is 0.495 e. The maximum absolute atomic E-state index is 13.5. The molecule has 1 atom stereocenters. The van der Waals surface area contributed by atoms with Gasteiger partial charge >= 0.3 is 0 Å². The van der Waals surface area contributed by atoms with Crippen LogP contribution in [0.1, 0.15) is 64.7 Å². The van der Waals surface area contributed by atoms with Gasteiger partial charge in [0.15, 0.2) is 0 Å². The number of amides is 2. The SMILES string of the molecule is CCN(CC)CCNC(=O)c1cc(NC(=O)CC(C)CC(C)(C)C)ccc1N1CCN(c2ccccc2OC)CC1. The van der Waals surface area contributed by atoms with Crippen LogP contribution in [0.25, 0.3) is 0 Å². The maximum Gasteiger partial charge on any atom is 0.253 e. The molecule has 2 N–H and O–H groups in total. The van der Waals surface area contributed by atoms with E-state index in [1.807, 2.05) is 36.4 Å². The minimum Gasteiger partial charge on any atom is -0.495 e. The summed E-state index contributed by atoms with van der Waals surface area (Å²) < 4.78 is 5.58. The van der Waals surface area contributed by atoms with E-state index >= 15 is 0 Å². The van der Waals surface area contributed by atoms with Crippen LogP contribution in [0.2, 0.25) is 0 Å². The molecule has 2 aromatic carbocycles. The number of ether oxygens (including phenoxy) is 1. The van der Waals surface area contributed by atoms with Gasteiger partial charge < -0.3 is 30.1 Å². The molecule has 0 saturated carbocycles. The number of piperazine rings is 1. The molecule has 0 bridgehead atoms. The lowest BCUT2D eigenvalue weighted by Crippen LogP contribution is -2.47. The van der Waals surface area contributed by atoms with Crippen molar-refractivity contribution in [3.05, 3.63) is 48.0 Å². The number of rotatable bonds is 13. The van der Waals surface area contributed by atoms with E-state index in [2.05, 4.69) is 72.9 Å². The molecule has 2 amide bonds. The Labute approximate surface area is 247 Å². The molecule has 3 rings (SSSR count). The van der Waals surface area contributed by atoms with Gasteiger partial charge in [0.1, 0.15) is 5.75 Å². The zero-order valence-corrected chi connectivity index (χ0v) is 26.3. The number of carbonyl (C=O) groups excluding carboxylic acids is 2. The Hall–Kier alpha value is -3.26. The highest BCUT2D eigenvalue weighted by Crippen LogP contribution is 2.31. The van der Waals surface area contributed by atoms with E-state index in [1.54, 1.807) is 7.11 Å². The van der Waals surface area contributed by atoms with Crippen molar-refractivity contribution in [3.8, 4) is 5.75 Å². The van der Waals surface area contributed by atoms with Crippen molar-refractivity contribution in [2.75, 3.05) is 74.6 Å². The minimum absolute atomic E-state index is 0.0205. The number of anilines is 3. The number of nitrogens with zero attached hydrogens (tertiary/aromatic N) is 3. The van der Waals surface area contributed by atoms with Crippen LogP contribution in [0.5, 0.6) is 5.75 Å². The number of hydrogen-bond acceptors (Lipinski definition) is 6. The van der Waals surface area contributed by atoms with Crippen LogP contribution in [0.15, 0.2) is 42.5 Å². The Balaban J connectivity index is 1.76. The van der Waals surface area contributed by atoms with Crippen molar-refractivity contribution < 1.29 is 14.3 Å². The highest BCUT2D eigenvalue weighted by atomic mass is 16.5. The summed E-state index contributed by atoms with van der Waals surface area (Å²) in [7, 11) is 1.70. The summed E-state index contributed by atoms with van der Waals surface area (Å²) in [5, 5.41) is 6.17. The Morgan fingerprint density at radius 1 is 0.976 bits per heavy atom. The first-order valence-electron chi connectivity index (χ1n) is 15.1. The van der Waals surface area contributed by atoms with Crippen LogP contribution in [0, 0.1) is 11.3 Å². The van der Waals surface area contributed by atoms with Gasteiger partial charge in [-0.2, -0.15) is 0 Å². The third-order valence-corrected chi connectivity index (χ3v) is 7.67. The van der Waals surface area contributed by atoms with E-state index in [4.69, 9.17) is 4.74 Å². The van der Waals surface area contributed by atoms with Crippen molar-refractivity contribution in [1.29, 1.82) is 0 Å². The number of methoxy groups -OCH3 is 1. The smallest absolute Gasteiger partial charge is 0.253 e. The molecule has 8 nitrogen and oxygen atoms in total. The number of likely N-dealkylation sites (N-methyl/N-ethyl adjacent to an activating group) is 1. The maximum atomic E-state index is 13.5. The summed E-state index contributed by atoms with van der Waals surface area (Å²) >= 11 is 0. The van der Waals surface area contributed by atoms with E-state index < -0.39 is 0 Å². The van der Waals surface area contributed by atoms with Crippen LogP contribution in [-0.4, -0.2) is 76.2 Å². The monoisotopic (exact) mass is 565 g/mol. The topological polar surface area (TPSA) is 77.2 Å². The number of hydrogen-bond donors (Lipinski definition) is 2. The van der Waals surface area contributed by atoms with Gasteiger partial charge in [0.05, 0.1) is 18.4 Å². The molecule has 8 heteroatoms.